The number of benzene rings is 2. The molecule has 2 fully saturated rings. The van der Waals surface area contributed by atoms with Gasteiger partial charge in [-0.3, -0.25) is 9.59 Å². The first kappa shape index (κ1) is 26.0. The van der Waals surface area contributed by atoms with Crippen molar-refractivity contribution in [2.75, 3.05) is 33.3 Å². The van der Waals surface area contributed by atoms with Crippen LogP contribution in [0.4, 0.5) is 0 Å². The molecule has 1 atom stereocenters. The first-order valence-electron chi connectivity index (χ1n) is 13.3. The molecular weight excluding hydrogens is 454 g/mol. The van der Waals surface area contributed by atoms with Crippen LogP contribution in [0.3, 0.4) is 0 Å². The molecule has 1 saturated heterocycles. The molecule has 3 N–H and O–H groups in total. The summed E-state index contributed by atoms with van der Waals surface area (Å²) in [5, 5.41) is 16.5. The van der Waals surface area contributed by atoms with Gasteiger partial charge in [0.2, 0.25) is 5.91 Å². The Bertz CT molecular complexity index is 1010. The molecule has 0 aromatic heterocycles. The summed E-state index contributed by atoms with van der Waals surface area (Å²) >= 11 is 0. The van der Waals surface area contributed by atoms with E-state index in [0.29, 0.717) is 35.8 Å². The van der Waals surface area contributed by atoms with Crippen LogP contribution in [-0.2, 0) is 4.79 Å². The van der Waals surface area contributed by atoms with E-state index < -0.39 is 6.04 Å². The highest BCUT2D eigenvalue weighted by atomic mass is 16.5. The Morgan fingerprint density at radius 3 is 2.44 bits per heavy atom. The van der Waals surface area contributed by atoms with Crippen molar-refractivity contribution in [1.82, 2.24) is 15.5 Å². The number of phenols is 1. The van der Waals surface area contributed by atoms with Gasteiger partial charge >= 0.3 is 0 Å². The number of nitrogens with zero attached hydrogens (tertiary/aromatic N) is 1. The lowest BCUT2D eigenvalue weighted by molar-refractivity contribution is -0.123. The SMILES string of the molecule is COc1ccc(-c2cc(C(=O)N[C@@H](CC3CCCCC3)C(=O)NCCN3CCCC3)ccc2O)cc1. The standard InChI is InChI=1S/C29H39N3O4/c1-36-24-12-9-22(10-13-24)25-20-23(11-14-27(25)33)28(34)31-26(19-21-7-3-2-4-8-21)29(35)30-15-18-32-16-5-6-17-32/h9-14,20-21,26,33H,2-8,15-19H2,1H3,(H,30,35)(H,31,34)/t26-/m0/s1. The van der Waals surface area contributed by atoms with Gasteiger partial charge in [0.05, 0.1) is 7.11 Å². The van der Waals surface area contributed by atoms with Crippen LogP contribution >= 0.6 is 0 Å². The van der Waals surface area contributed by atoms with Crippen molar-refractivity contribution in [2.24, 2.45) is 5.92 Å². The smallest absolute Gasteiger partial charge is 0.251 e. The van der Waals surface area contributed by atoms with E-state index >= 15 is 0 Å². The fourth-order valence-corrected chi connectivity index (χ4v) is 5.37. The minimum atomic E-state index is -0.572. The van der Waals surface area contributed by atoms with E-state index in [1.54, 1.807) is 19.2 Å². The van der Waals surface area contributed by atoms with Gasteiger partial charge in [0.25, 0.3) is 5.91 Å². The van der Waals surface area contributed by atoms with Gasteiger partial charge in [-0.25, -0.2) is 0 Å². The van der Waals surface area contributed by atoms with Gasteiger partial charge < -0.3 is 25.4 Å². The number of nitrogens with one attached hydrogen (secondary N) is 2. The highest BCUT2D eigenvalue weighted by molar-refractivity contribution is 5.99. The summed E-state index contributed by atoms with van der Waals surface area (Å²) in [7, 11) is 1.60. The molecule has 2 aromatic carbocycles. The average Bonchev–Trinajstić information content (AvgIpc) is 3.43. The molecule has 1 aliphatic carbocycles. The topological polar surface area (TPSA) is 90.9 Å². The van der Waals surface area contributed by atoms with E-state index in [1.807, 2.05) is 24.3 Å². The molecule has 7 nitrogen and oxygen atoms in total. The monoisotopic (exact) mass is 493 g/mol. The molecule has 4 rings (SSSR count). The largest absolute Gasteiger partial charge is 0.507 e. The molecule has 0 spiro atoms. The molecule has 1 aliphatic heterocycles. The van der Waals surface area contributed by atoms with E-state index in [0.717, 1.165) is 38.0 Å². The molecule has 2 aliphatic rings. The lowest BCUT2D eigenvalue weighted by Gasteiger charge is -2.27. The molecule has 0 bridgehead atoms. The van der Waals surface area contributed by atoms with Crippen molar-refractivity contribution in [2.45, 2.75) is 57.4 Å². The molecule has 1 heterocycles. The Morgan fingerprint density at radius 2 is 1.75 bits per heavy atom. The second-order valence-electron chi connectivity index (χ2n) is 10.1. The number of hydrogen-bond donors (Lipinski definition) is 3. The maximum atomic E-state index is 13.3. The molecule has 194 valence electrons. The average molecular weight is 494 g/mol. The fraction of sp³-hybridized carbons (Fsp3) is 0.517. The quantitative estimate of drug-likeness (QED) is 0.458. The van der Waals surface area contributed by atoms with Crippen LogP contribution in [0, 0.1) is 5.92 Å². The molecule has 0 radical (unpaired) electrons. The summed E-state index contributed by atoms with van der Waals surface area (Å²) in [6.07, 6.45) is 8.93. The van der Waals surface area contributed by atoms with Crippen molar-refractivity contribution in [1.29, 1.82) is 0 Å². The molecule has 7 heteroatoms. The minimum absolute atomic E-state index is 0.0927. The minimum Gasteiger partial charge on any atom is -0.507 e. The Hall–Kier alpha value is -3.06. The van der Waals surface area contributed by atoms with Crippen molar-refractivity contribution in [3.63, 3.8) is 0 Å². The highest BCUT2D eigenvalue weighted by Crippen LogP contribution is 2.32. The number of hydrogen-bond acceptors (Lipinski definition) is 5. The van der Waals surface area contributed by atoms with Crippen LogP contribution in [0.25, 0.3) is 11.1 Å². The van der Waals surface area contributed by atoms with Crippen LogP contribution in [0.1, 0.15) is 61.7 Å². The van der Waals surface area contributed by atoms with Gasteiger partial charge in [0.1, 0.15) is 17.5 Å². The summed E-state index contributed by atoms with van der Waals surface area (Å²) < 4.78 is 5.22. The highest BCUT2D eigenvalue weighted by Gasteiger charge is 2.26. The molecule has 1 saturated carbocycles. The number of methoxy groups -OCH3 is 1. The fourth-order valence-electron chi connectivity index (χ4n) is 5.37. The van der Waals surface area contributed by atoms with Gasteiger partial charge in [-0.1, -0.05) is 44.2 Å². The van der Waals surface area contributed by atoms with Crippen molar-refractivity contribution in [3.05, 3.63) is 48.0 Å². The normalized spacial score (nSPS) is 17.5. The van der Waals surface area contributed by atoms with E-state index in [4.69, 9.17) is 4.74 Å². The van der Waals surface area contributed by atoms with Gasteiger partial charge in [0, 0.05) is 24.2 Å². The number of likely N-dealkylation sites (tertiary alicyclic amines) is 1. The van der Waals surface area contributed by atoms with Crippen LogP contribution < -0.4 is 15.4 Å². The number of carbonyl (C=O) groups is 2. The van der Waals surface area contributed by atoms with Crippen molar-refractivity contribution in [3.8, 4) is 22.6 Å². The molecule has 36 heavy (non-hydrogen) atoms. The number of rotatable bonds is 10. The Morgan fingerprint density at radius 1 is 1.03 bits per heavy atom. The first-order chi connectivity index (χ1) is 17.5. The molecule has 2 aromatic rings. The summed E-state index contributed by atoms with van der Waals surface area (Å²) in [5.74, 6) is 0.842. The third-order valence-electron chi connectivity index (χ3n) is 7.50. The van der Waals surface area contributed by atoms with Crippen LogP contribution in [0.2, 0.25) is 0 Å². The zero-order valence-electron chi connectivity index (χ0n) is 21.3. The van der Waals surface area contributed by atoms with Gasteiger partial charge in [-0.2, -0.15) is 0 Å². The predicted octanol–water partition coefficient (Wildman–Crippen LogP) is 4.35. The van der Waals surface area contributed by atoms with E-state index in [1.165, 1.54) is 38.2 Å². The Balaban J connectivity index is 1.44. The number of phenolic OH excluding ortho intramolecular Hbond substituents is 1. The van der Waals surface area contributed by atoms with E-state index in [-0.39, 0.29) is 17.6 Å². The summed E-state index contributed by atoms with van der Waals surface area (Å²) in [6, 6.07) is 11.5. The second-order valence-corrected chi connectivity index (χ2v) is 10.1. The summed E-state index contributed by atoms with van der Waals surface area (Å²) in [4.78, 5) is 28.8. The van der Waals surface area contributed by atoms with Crippen LogP contribution in [0.15, 0.2) is 42.5 Å². The molecule has 2 amide bonds. The lowest BCUT2D eigenvalue weighted by atomic mass is 9.84. The number of amides is 2. The van der Waals surface area contributed by atoms with Crippen LogP contribution in [-0.4, -0.2) is 61.2 Å². The number of ether oxygens (including phenoxy) is 1. The lowest BCUT2D eigenvalue weighted by Crippen LogP contribution is -2.49. The molecule has 0 unspecified atom stereocenters. The third-order valence-corrected chi connectivity index (χ3v) is 7.50. The maximum absolute atomic E-state index is 13.3. The van der Waals surface area contributed by atoms with Gasteiger partial charge in [-0.05, 0) is 74.2 Å². The van der Waals surface area contributed by atoms with Crippen LogP contribution in [0.5, 0.6) is 11.5 Å². The third kappa shape index (κ3) is 7.00. The Labute approximate surface area is 214 Å². The van der Waals surface area contributed by atoms with Crippen molar-refractivity contribution >= 4 is 11.8 Å². The van der Waals surface area contributed by atoms with Gasteiger partial charge in [0.15, 0.2) is 0 Å². The summed E-state index contributed by atoms with van der Waals surface area (Å²) in [5.41, 5.74) is 1.75. The number of carbonyl (C=O) groups excluding carboxylic acids is 2. The predicted molar refractivity (Wildman–Crippen MR) is 141 cm³/mol. The zero-order chi connectivity index (χ0) is 25.3. The number of aromatic hydroxyl groups is 1. The molecular formula is C29H39N3O4. The first-order valence-corrected chi connectivity index (χ1v) is 13.3. The Kier molecular flexibility index (Phi) is 9.23. The van der Waals surface area contributed by atoms with E-state index in [9.17, 15) is 14.7 Å². The second kappa shape index (κ2) is 12.8. The van der Waals surface area contributed by atoms with Crippen molar-refractivity contribution < 1.29 is 19.4 Å². The zero-order valence-corrected chi connectivity index (χ0v) is 21.3. The summed E-state index contributed by atoms with van der Waals surface area (Å²) in [6.45, 7) is 3.63. The maximum Gasteiger partial charge on any atom is 0.251 e. The van der Waals surface area contributed by atoms with E-state index in [2.05, 4.69) is 15.5 Å². The van der Waals surface area contributed by atoms with Gasteiger partial charge in [-0.15, -0.1) is 0 Å².